The van der Waals surface area contributed by atoms with E-state index in [1.807, 2.05) is 0 Å². The molecular formula is C16H14ClF2NO3. The normalized spacial score (nSPS) is 12.0. The van der Waals surface area contributed by atoms with E-state index in [4.69, 9.17) is 11.6 Å². The monoisotopic (exact) mass is 341 g/mol. The fraction of sp³-hybridized carbons (Fsp3) is 0.188. The van der Waals surface area contributed by atoms with Crippen molar-refractivity contribution in [1.29, 1.82) is 0 Å². The van der Waals surface area contributed by atoms with Crippen LogP contribution in [0, 0.1) is 0 Å². The number of benzene rings is 2. The first-order chi connectivity index (χ1) is 11.0. The zero-order valence-electron chi connectivity index (χ0n) is 11.9. The Morgan fingerprint density at radius 3 is 2.65 bits per heavy atom. The van der Waals surface area contributed by atoms with E-state index in [9.17, 15) is 18.7 Å². The summed E-state index contributed by atoms with van der Waals surface area (Å²) in [6.07, 6.45) is -0.979. The van der Waals surface area contributed by atoms with E-state index in [0.717, 1.165) is 0 Å². The lowest BCUT2D eigenvalue weighted by Gasteiger charge is -2.14. The van der Waals surface area contributed by atoms with Gasteiger partial charge >= 0.3 is 6.61 Å². The van der Waals surface area contributed by atoms with Crippen LogP contribution in [0.1, 0.15) is 22.0 Å². The number of hydrogen-bond acceptors (Lipinski definition) is 3. The van der Waals surface area contributed by atoms with Crippen molar-refractivity contribution >= 4 is 17.5 Å². The smallest absolute Gasteiger partial charge is 0.387 e. The van der Waals surface area contributed by atoms with Crippen LogP contribution >= 0.6 is 11.6 Å². The summed E-state index contributed by atoms with van der Waals surface area (Å²) in [7, 11) is 0. The van der Waals surface area contributed by atoms with Crippen LogP contribution in [0.5, 0.6) is 5.75 Å². The number of hydrogen-bond donors (Lipinski definition) is 2. The highest BCUT2D eigenvalue weighted by molar-refractivity contribution is 6.31. The van der Waals surface area contributed by atoms with Crippen LogP contribution in [-0.2, 0) is 0 Å². The van der Waals surface area contributed by atoms with E-state index in [-0.39, 0.29) is 17.9 Å². The largest absolute Gasteiger partial charge is 0.435 e. The number of carbonyl (C=O) groups excluding carboxylic acids is 1. The molecule has 0 bridgehead atoms. The minimum Gasteiger partial charge on any atom is -0.435 e. The average molecular weight is 342 g/mol. The number of carbonyl (C=O) groups is 1. The van der Waals surface area contributed by atoms with Gasteiger partial charge < -0.3 is 15.2 Å². The SMILES string of the molecule is O=C(NCC(O)c1ccccc1Cl)c1cccc(OC(F)F)c1. The summed E-state index contributed by atoms with van der Waals surface area (Å²) in [5.41, 5.74) is 0.638. The molecule has 2 aromatic carbocycles. The Morgan fingerprint density at radius 2 is 1.96 bits per heavy atom. The first-order valence-electron chi connectivity index (χ1n) is 6.73. The van der Waals surface area contributed by atoms with E-state index < -0.39 is 18.6 Å². The molecule has 23 heavy (non-hydrogen) atoms. The van der Waals surface area contributed by atoms with Crippen molar-refractivity contribution in [2.75, 3.05) is 6.54 Å². The summed E-state index contributed by atoms with van der Waals surface area (Å²) in [4.78, 5) is 12.0. The zero-order chi connectivity index (χ0) is 16.8. The number of nitrogens with one attached hydrogen (secondary N) is 1. The molecule has 1 amide bonds. The molecule has 0 aliphatic carbocycles. The number of aliphatic hydroxyl groups excluding tert-OH is 1. The molecule has 0 aliphatic rings. The molecule has 2 aromatic rings. The van der Waals surface area contributed by atoms with E-state index in [1.165, 1.54) is 24.3 Å². The van der Waals surface area contributed by atoms with Crippen molar-refractivity contribution in [3.8, 4) is 5.75 Å². The molecular weight excluding hydrogens is 328 g/mol. The van der Waals surface area contributed by atoms with Gasteiger partial charge in [0.05, 0.1) is 6.10 Å². The molecule has 4 nitrogen and oxygen atoms in total. The van der Waals surface area contributed by atoms with Crippen molar-refractivity contribution in [3.05, 3.63) is 64.7 Å². The van der Waals surface area contributed by atoms with Gasteiger partial charge in [0, 0.05) is 22.7 Å². The molecule has 0 saturated carbocycles. The van der Waals surface area contributed by atoms with Gasteiger partial charge in [0.1, 0.15) is 5.75 Å². The third-order valence-corrected chi connectivity index (χ3v) is 3.39. The molecule has 2 N–H and O–H groups in total. The minimum absolute atomic E-state index is 0.0670. The predicted octanol–water partition coefficient (Wildman–Crippen LogP) is 3.40. The number of amides is 1. The summed E-state index contributed by atoms with van der Waals surface area (Å²) in [5.74, 6) is -0.630. The Bertz CT molecular complexity index is 682. The minimum atomic E-state index is -2.96. The average Bonchev–Trinajstić information content (AvgIpc) is 2.52. The Kier molecular flexibility index (Phi) is 5.90. The molecule has 0 heterocycles. The second-order valence-electron chi connectivity index (χ2n) is 4.65. The van der Waals surface area contributed by atoms with Crippen molar-refractivity contribution in [3.63, 3.8) is 0 Å². The van der Waals surface area contributed by atoms with Gasteiger partial charge in [0.2, 0.25) is 0 Å². The fourth-order valence-corrected chi connectivity index (χ4v) is 2.22. The predicted molar refractivity (Wildman–Crippen MR) is 81.8 cm³/mol. The number of halogens is 3. The standard InChI is InChI=1S/C16H14ClF2NO3/c17-13-7-2-1-6-12(13)14(21)9-20-15(22)10-4-3-5-11(8-10)23-16(18)19/h1-8,14,16,21H,9H2,(H,20,22). The maximum Gasteiger partial charge on any atom is 0.387 e. The molecule has 0 aliphatic heterocycles. The van der Waals surface area contributed by atoms with Gasteiger partial charge in [-0.15, -0.1) is 0 Å². The van der Waals surface area contributed by atoms with Gasteiger partial charge in [-0.2, -0.15) is 8.78 Å². The molecule has 0 aromatic heterocycles. The first kappa shape index (κ1) is 17.2. The van der Waals surface area contributed by atoms with Crippen LogP contribution in [-0.4, -0.2) is 24.2 Å². The number of ether oxygens (including phenoxy) is 1. The maximum absolute atomic E-state index is 12.2. The van der Waals surface area contributed by atoms with E-state index in [0.29, 0.717) is 10.6 Å². The third kappa shape index (κ3) is 4.91. The van der Waals surface area contributed by atoms with E-state index >= 15 is 0 Å². The second kappa shape index (κ2) is 7.89. The summed E-state index contributed by atoms with van der Waals surface area (Å²) in [5, 5.41) is 13.0. The lowest BCUT2D eigenvalue weighted by atomic mass is 10.1. The van der Waals surface area contributed by atoms with Crippen molar-refractivity contribution in [2.45, 2.75) is 12.7 Å². The highest BCUT2D eigenvalue weighted by Crippen LogP contribution is 2.22. The van der Waals surface area contributed by atoms with Gasteiger partial charge in [-0.05, 0) is 24.3 Å². The van der Waals surface area contributed by atoms with Crippen LogP contribution in [0.25, 0.3) is 0 Å². The molecule has 1 atom stereocenters. The fourth-order valence-electron chi connectivity index (χ4n) is 1.96. The summed E-state index contributed by atoms with van der Waals surface area (Å²) in [6, 6.07) is 12.1. The van der Waals surface area contributed by atoms with Crippen molar-refractivity contribution in [2.24, 2.45) is 0 Å². The van der Waals surface area contributed by atoms with Crippen molar-refractivity contribution < 1.29 is 23.4 Å². The summed E-state index contributed by atoms with van der Waals surface area (Å²) < 4.78 is 28.6. The zero-order valence-corrected chi connectivity index (χ0v) is 12.6. The molecule has 122 valence electrons. The Hall–Kier alpha value is -2.18. The first-order valence-corrected chi connectivity index (χ1v) is 7.10. The van der Waals surface area contributed by atoms with Crippen LogP contribution in [0.3, 0.4) is 0 Å². The van der Waals surface area contributed by atoms with Gasteiger partial charge in [0.15, 0.2) is 0 Å². The van der Waals surface area contributed by atoms with Gasteiger partial charge in [-0.25, -0.2) is 0 Å². The number of alkyl halides is 2. The van der Waals surface area contributed by atoms with Crippen LogP contribution in [0.2, 0.25) is 5.02 Å². The van der Waals surface area contributed by atoms with Gasteiger partial charge in [-0.3, -0.25) is 4.79 Å². The Labute approximate surface area is 136 Å². The molecule has 0 radical (unpaired) electrons. The van der Waals surface area contributed by atoms with Gasteiger partial charge in [0.25, 0.3) is 5.91 Å². The molecule has 0 saturated heterocycles. The van der Waals surface area contributed by atoms with E-state index in [2.05, 4.69) is 10.1 Å². The Morgan fingerprint density at radius 1 is 1.22 bits per heavy atom. The third-order valence-electron chi connectivity index (χ3n) is 3.04. The summed E-state index contributed by atoms with van der Waals surface area (Å²) in [6.45, 7) is -3.03. The van der Waals surface area contributed by atoms with Crippen LogP contribution < -0.4 is 10.1 Å². The highest BCUT2D eigenvalue weighted by atomic mass is 35.5. The lowest BCUT2D eigenvalue weighted by Crippen LogP contribution is -2.28. The lowest BCUT2D eigenvalue weighted by molar-refractivity contribution is -0.0498. The van der Waals surface area contributed by atoms with E-state index in [1.54, 1.807) is 24.3 Å². The number of rotatable bonds is 6. The highest BCUT2D eigenvalue weighted by Gasteiger charge is 2.14. The topological polar surface area (TPSA) is 58.6 Å². The number of aliphatic hydroxyl groups is 1. The van der Waals surface area contributed by atoms with Crippen molar-refractivity contribution in [1.82, 2.24) is 5.32 Å². The summed E-state index contributed by atoms with van der Waals surface area (Å²) >= 11 is 5.96. The molecule has 1 unspecified atom stereocenters. The van der Waals surface area contributed by atoms with Crippen LogP contribution in [0.15, 0.2) is 48.5 Å². The molecule has 0 spiro atoms. The quantitative estimate of drug-likeness (QED) is 0.846. The second-order valence-corrected chi connectivity index (χ2v) is 5.06. The molecule has 2 rings (SSSR count). The van der Waals surface area contributed by atoms with Crippen LogP contribution in [0.4, 0.5) is 8.78 Å². The molecule has 0 fully saturated rings. The van der Waals surface area contributed by atoms with Gasteiger partial charge in [-0.1, -0.05) is 35.9 Å². The molecule has 7 heteroatoms. The maximum atomic E-state index is 12.2. The Balaban J connectivity index is 1.98.